The van der Waals surface area contributed by atoms with Crippen molar-refractivity contribution in [3.05, 3.63) is 24.0 Å². The van der Waals surface area contributed by atoms with E-state index in [1.54, 1.807) is 0 Å². The van der Waals surface area contributed by atoms with Crippen LogP contribution in [-0.2, 0) is 4.79 Å². The van der Waals surface area contributed by atoms with Gasteiger partial charge in [-0.05, 0) is 12.1 Å². The van der Waals surface area contributed by atoms with Gasteiger partial charge in [0.05, 0.1) is 12.8 Å². The van der Waals surface area contributed by atoms with E-state index in [-0.39, 0.29) is 11.6 Å². The molecular formula is C9H9ClFNO2. The molecule has 0 aliphatic rings. The van der Waals surface area contributed by atoms with Crippen LogP contribution < -0.4 is 10.1 Å². The Hall–Kier alpha value is -1.29. The van der Waals surface area contributed by atoms with Gasteiger partial charge in [0, 0.05) is 6.07 Å². The number of ether oxygens (including phenoxy) is 1. The lowest BCUT2D eigenvalue weighted by molar-refractivity contribution is -0.113. The first-order valence-electron chi connectivity index (χ1n) is 3.86. The summed E-state index contributed by atoms with van der Waals surface area (Å²) in [6.45, 7) is 0. The van der Waals surface area contributed by atoms with E-state index < -0.39 is 11.7 Å². The van der Waals surface area contributed by atoms with Crippen molar-refractivity contribution in [2.24, 2.45) is 0 Å². The standard InChI is InChI=1S/C9H9ClFNO2/c1-14-6-2-3-7(11)8(4-6)12-9(13)5-10/h2-4H,5H2,1H3,(H,12,13). The second-order valence-electron chi connectivity index (χ2n) is 2.53. The minimum Gasteiger partial charge on any atom is -0.497 e. The highest BCUT2D eigenvalue weighted by molar-refractivity contribution is 6.29. The molecule has 1 aromatic carbocycles. The number of amides is 1. The van der Waals surface area contributed by atoms with Gasteiger partial charge in [-0.1, -0.05) is 0 Å². The number of hydrogen-bond donors (Lipinski definition) is 1. The highest BCUT2D eigenvalue weighted by Crippen LogP contribution is 2.20. The maximum absolute atomic E-state index is 13.1. The summed E-state index contributed by atoms with van der Waals surface area (Å²) in [6, 6.07) is 4.06. The molecule has 0 heterocycles. The van der Waals surface area contributed by atoms with Gasteiger partial charge >= 0.3 is 0 Å². The van der Waals surface area contributed by atoms with Crippen LogP contribution in [0.4, 0.5) is 10.1 Å². The summed E-state index contributed by atoms with van der Waals surface area (Å²) in [7, 11) is 1.46. The zero-order valence-electron chi connectivity index (χ0n) is 7.51. The third-order valence-electron chi connectivity index (χ3n) is 1.57. The van der Waals surface area contributed by atoms with E-state index in [4.69, 9.17) is 16.3 Å². The van der Waals surface area contributed by atoms with E-state index in [1.807, 2.05) is 0 Å². The topological polar surface area (TPSA) is 38.3 Å². The second-order valence-corrected chi connectivity index (χ2v) is 2.79. The van der Waals surface area contributed by atoms with Crippen LogP contribution in [0.1, 0.15) is 0 Å². The van der Waals surface area contributed by atoms with E-state index in [1.165, 1.54) is 25.3 Å². The third kappa shape index (κ3) is 2.60. The number of benzene rings is 1. The fraction of sp³-hybridized carbons (Fsp3) is 0.222. The minimum absolute atomic E-state index is 0.0648. The molecule has 1 N–H and O–H groups in total. The Kier molecular flexibility index (Phi) is 3.71. The predicted octanol–water partition coefficient (Wildman–Crippen LogP) is 2.01. The predicted molar refractivity (Wildman–Crippen MR) is 52.3 cm³/mol. The van der Waals surface area contributed by atoms with Crippen molar-refractivity contribution in [1.82, 2.24) is 0 Å². The van der Waals surface area contributed by atoms with Gasteiger partial charge in [-0.3, -0.25) is 4.79 Å². The van der Waals surface area contributed by atoms with Gasteiger partial charge < -0.3 is 10.1 Å². The Balaban J connectivity index is 2.89. The number of hydrogen-bond acceptors (Lipinski definition) is 2. The number of nitrogens with one attached hydrogen (secondary N) is 1. The average molecular weight is 218 g/mol. The number of methoxy groups -OCH3 is 1. The van der Waals surface area contributed by atoms with Gasteiger partial charge in [-0.25, -0.2) is 4.39 Å². The molecule has 0 unspecified atom stereocenters. The molecule has 0 saturated carbocycles. The Morgan fingerprint density at radius 1 is 1.64 bits per heavy atom. The summed E-state index contributed by atoms with van der Waals surface area (Å²) in [6.07, 6.45) is 0. The molecule has 1 rings (SSSR count). The molecule has 3 nitrogen and oxygen atoms in total. The van der Waals surface area contributed by atoms with Crippen LogP contribution >= 0.6 is 11.6 Å². The van der Waals surface area contributed by atoms with Crippen LogP contribution in [-0.4, -0.2) is 18.9 Å². The molecule has 1 aromatic rings. The minimum atomic E-state index is -0.524. The smallest absolute Gasteiger partial charge is 0.239 e. The number of rotatable bonds is 3. The van der Waals surface area contributed by atoms with Gasteiger partial charge in [0.15, 0.2) is 0 Å². The number of carbonyl (C=O) groups excluding carboxylic acids is 1. The summed E-state index contributed by atoms with van der Waals surface area (Å²) in [4.78, 5) is 10.9. The van der Waals surface area contributed by atoms with Gasteiger partial charge in [0.1, 0.15) is 17.4 Å². The molecule has 0 saturated heterocycles. The van der Waals surface area contributed by atoms with Crippen molar-refractivity contribution in [2.45, 2.75) is 0 Å². The zero-order chi connectivity index (χ0) is 10.6. The average Bonchev–Trinajstić information content (AvgIpc) is 2.21. The normalized spacial score (nSPS) is 9.64. The van der Waals surface area contributed by atoms with Crippen molar-refractivity contribution in [3.8, 4) is 5.75 Å². The molecule has 0 bridgehead atoms. The number of alkyl halides is 1. The molecule has 0 radical (unpaired) electrons. The molecule has 0 aliphatic heterocycles. The van der Waals surface area contributed by atoms with E-state index in [0.717, 1.165) is 0 Å². The molecule has 14 heavy (non-hydrogen) atoms. The molecule has 0 aromatic heterocycles. The lowest BCUT2D eigenvalue weighted by atomic mass is 10.3. The van der Waals surface area contributed by atoms with Crippen molar-refractivity contribution in [1.29, 1.82) is 0 Å². The Labute approximate surface area is 85.8 Å². The monoisotopic (exact) mass is 217 g/mol. The molecule has 5 heteroatoms. The van der Waals surface area contributed by atoms with Gasteiger partial charge in [-0.2, -0.15) is 0 Å². The molecule has 1 amide bonds. The van der Waals surface area contributed by atoms with Crippen LogP contribution in [0.3, 0.4) is 0 Å². The number of anilines is 1. The number of carbonyl (C=O) groups is 1. The van der Waals surface area contributed by atoms with Crippen LogP contribution in [0.2, 0.25) is 0 Å². The molecular weight excluding hydrogens is 209 g/mol. The van der Waals surface area contributed by atoms with Crippen LogP contribution in [0.5, 0.6) is 5.75 Å². The summed E-state index contributed by atoms with van der Waals surface area (Å²) in [5, 5.41) is 2.31. The first kappa shape index (κ1) is 10.8. The first-order chi connectivity index (χ1) is 6.67. The summed E-state index contributed by atoms with van der Waals surface area (Å²) < 4.78 is 18.0. The van der Waals surface area contributed by atoms with E-state index in [0.29, 0.717) is 5.75 Å². The Morgan fingerprint density at radius 3 is 2.93 bits per heavy atom. The summed E-state index contributed by atoms with van der Waals surface area (Å²) in [5.74, 6) is -0.726. The summed E-state index contributed by atoms with van der Waals surface area (Å²) >= 11 is 5.26. The van der Waals surface area contributed by atoms with Gasteiger partial charge in [0.25, 0.3) is 0 Å². The first-order valence-corrected chi connectivity index (χ1v) is 4.40. The quantitative estimate of drug-likeness (QED) is 0.787. The maximum Gasteiger partial charge on any atom is 0.239 e. The Bertz CT molecular complexity index is 344. The second kappa shape index (κ2) is 4.81. The van der Waals surface area contributed by atoms with Crippen LogP contribution in [0, 0.1) is 5.82 Å². The van der Waals surface area contributed by atoms with E-state index in [9.17, 15) is 9.18 Å². The SMILES string of the molecule is COc1ccc(F)c(NC(=O)CCl)c1. The molecule has 0 spiro atoms. The van der Waals surface area contributed by atoms with Gasteiger partial charge in [0.2, 0.25) is 5.91 Å². The highest BCUT2D eigenvalue weighted by Gasteiger charge is 2.06. The van der Waals surface area contributed by atoms with Crippen LogP contribution in [0.15, 0.2) is 18.2 Å². The fourth-order valence-electron chi connectivity index (χ4n) is 0.911. The Morgan fingerprint density at radius 2 is 2.36 bits per heavy atom. The molecule has 0 aliphatic carbocycles. The molecule has 76 valence electrons. The zero-order valence-corrected chi connectivity index (χ0v) is 8.27. The van der Waals surface area contributed by atoms with Crippen molar-refractivity contribution >= 4 is 23.2 Å². The third-order valence-corrected chi connectivity index (χ3v) is 1.81. The lowest BCUT2D eigenvalue weighted by Crippen LogP contribution is -2.13. The van der Waals surface area contributed by atoms with Gasteiger partial charge in [-0.15, -0.1) is 11.6 Å². The number of halogens is 2. The maximum atomic E-state index is 13.1. The summed E-state index contributed by atoms with van der Waals surface area (Å²) in [5.41, 5.74) is 0.0648. The van der Waals surface area contributed by atoms with E-state index in [2.05, 4.69) is 5.32 Å². The fourth-order valence-corrected chi connectivity index (χ4v) is 0.978. The largest absolute Gasteiger partial charge is 0.497 e. The van der Waals surface area contributed by atoms with E-state index >= 15 is 0 Å². The van der Waals surface area contributed by atoms with Crippen molar-refractivity contribution in [3.63, 3.8) is 0 Å². The van der Waals surface area contributed by atoms with Crippen molar-refractivity contribution < 1.29 is 13.9 Å². The van der Waals surface area contributed by atoms with Crippen molar-refractivity contribution in [2.75, 3.05) is 18.3 Å². The van der Waals surface area contributed by atoms with Crippen LogP contribution in [0.25, 0.3) is 0 Å². The molecule has 0 atom stereocenters. The lowest BCUT2D eigenvalue weighted by Gasteiger charge is -2.06. The highest BCUT2D eigenvalue weighted by atomic mass is 35.5. The molecule has 0 fully saturated rings.